The molecule has 0 atom stereocenters. The number of carbonyl (C=O) groups is 1. The van der Waals surface area contributed by atoms with Gasteiger partial charge in [0.15, 0.2) is 9.84 Å². The second kappa shape index (κ2) is 5.79. The van der Waals surface area contributed by atoms with E-state index >= 15 is 0 Å². The van der Waals surface area contributed by atoms with Crippen molar-refractivity contribution in [2.75, 3.05) is 12.9 Å². The van der Waals surface area contributed by atoms with E-state index in [1.165, 1.54) is 12.4 Å². The first-order valence-electron chi connectivity index (χ1n) is 6.79. The number of esters is 1. The molecule has 0 N–H and O–H groups in total. The number of halogens is 2. The van der Waals surface area contributed by atoms with Crippen LogP contribution in [0.25, 0.3) is 11.1 Å². The SMILES string of the molecule is CS(=O)(=O)c1cc(F)c(C2=C(c3cccnc3)C(=O)OC2)cc1F. The van der Waals surface area contributed by atoms with Crippen LogP contribution in [0.5, 0.6) is 0 Å². The maximum absolute atomic E-state index is 14.4. The summed E-state index contributed by atoms with van der Waals surface area (Å²) < 4.78 is 56.4. The molecule has 24 heavy (non-hydrogen) atoms. The van der Waals surface area contributed by atoms with Gasteiger partial charge in [-0.2, -0.15) is 0 Å². The lowest BCUT2D eigenvalue weighted by molar-refractivity contribution is -0.133. The molecule has 0 saturated carbocycles. The lowest BCUT2D eigenvalue weighted by Gasteiger charge is -2.08. The number of nitrogens with zero attached hydrogens (tertiary/aromatic N) is 1. The van der Waals surface area contributed by atoms with Crippen molar-refractivity contribution in [3.8, 4) is 0 Å². The summed E-state index contributed by atoms with van der Waals surface area (Å²) >= 11 is 0. The molecule has 0 aliphatic carbocycles. The van der Waals surface area contributed by atoms with E-state index in [1.54, 1.807) is 12.1 Å². The number of pyridine rings is 1. The smallest absolute Gasteiger partial charge is 0.339 e. The number of ether oxygens (including phenoxy) is 1. The maximum atomic E-state index is 14.4. The quantitative estimate of drug-likeness (QED) is 0.793. The zero-order valence-electron chi connectivity index (χ0n) is 12.4. The zero-order chi connectivity index (χ0) is 17.5. The predicted molar refractivity (Wildman–Crippen MR) is 81.5 cm³/mol. The Labute approximate surface area is 136 Å². The Morgan fingerprint density at radius 3 is 2.58 bits per heavy atom. The van der Waals surface area contributed by atoms with Gasteiger partial charge in [-0.05, 0) is 18.2 Å². The lowest BCUT2D eigenvalue weighted by atomic mass is 9.97. The molecule has 5 nitrogen and oxygen atoms in total. The molecule has 0 saturated heterocycles. The number of sulfone groups is 1. The van der Waals surface area contributed by atoms with E-state index in [2.05, 4.69) is 4.98 Å². The molecule has 0 radical (unpaired) electrons. The first kappa shape index (κ1) is 16.3. The third-order valence-electron chi connectivity index (χ3n) is 3.55. The molecular weight excluding hydrogens is 340 g/mol. The zero-order valence-corrected chi connectivity index (χ0v) is 13.2. The number of hydrogen-bond donors (Lipinski definition) is 0. The van der Waals surface area contributed by atoms with Crippen molar-refractivity contribution >= 4 is 27.0 Å². The highest BCUT2D eigenvalue weighted by atomic mass is 32.2. The van der Waals surface area contributed by atoms with Crippen LogP contribution >= 0.6 is 0 Å². The monoisotopic (exact) mass is 351 g/mol. The van der Waals surface area contributed by atoms with Crippen LogP contribution in [0.3, 0.4) is 0 Å². The van der Waals surface area contributed by atoms with E-state index < -0.39 is 32.3 Å². The fraction of sp³-hybridized carbons (Fsp3) is 0.125. The Hall–Kier alpha value is -2.61. The molecule has 1 aromatic heterocycles. The van der Waals surface area contributed by atoms with Gasteiger partial charge in [0, 0.05) is 35.3 Å². The number of aromatic nitrogens is 1. The van der Waals surface area contributed by atoms with Crippen LogP contribution in [0, 0.1) is 11.6 Å². The summed E-state index contributed by atoms with van der Waals surface area (Å²) in [5.74, 6) is -2.72. The molecule has 3 rings (SSSR count). The third kappa shape index (κ3) is 2.80. The topological polar surface area (TPSA) is 73.3 Å². The third-order valence-corrected chi connectivity index (χ3v) is 4.66. The van der Waals surface area contributed by atoms with Gasteiger partial charge < -0.3 is 4.74 Å². The summed E-state index contributed by atoms with van der Waals surface area (Å²) in [6.07, 6.45) is 3.69. The van der Waals surface area contributed by atoms with Gasteiger partial charge >= 0.3 is 5.97 Å². The second-order valence-electron chi connectivity index (χ2n) is 5.21. The molecule has 0 spiro atoms. The molecule has 1 aliphatic rings. The van der Waals surface area contributed by atoms with E-state index in [0.29, 0.717) is 11.6 Å². The largest absolute Gasteiger partial charge is 0.457 e. The van der Waals surface area contributed by atoms with Gasteiger partial charge in [-0.15, -0.1) is 0 Å². The van der Waals surface area contributed by atoms with E-state index in [1.807, 2.05) is 0 Å². The van der Waals surface area contributed by atoms with Crippen LogP contribution in [0.15, 0.2) is 41.6 Å². The van der Waals surface area contributed by atoms with E-state index in [9.17, 15) is 22.0 Å². The predicted octanol–water partition coefficient (Wildman–Crippen LogP) is 2.23. The first-order chi connectivity index (χ1) is 11.3. The Morgan fingerprint density at radius 1 is 1.21 bits per heavy atom. The number of benzene rings is 1. The Kier molecular flexibility index (Phi) is 3.92. The van der Waals surface area contributed by atoms with Crippen LogP contribution in [0.2, 0.25) is 0 Å². The van der Waals surface area contributed by atoms with E-state index in [-0.39, 0.29) is 23.3 Å². The first-order valence-corrected chi connectivity index (χ1v) is 8.68. The van der Waals surface area contributed by atoms with E-state index in [4.69, 9.17) is 4.74 Å². The average molecular weight is 351 g/mol. The van der Waals surface area contributed by atoms with Gasteiger partial charge in [0.25, 0.3) is 0 Å². The van der Waals surface area contributed by atoms with Crippen LogP contribution in [-0.4, -0.2) is 32.2 Å². The van der Waals surface area contributed by atoms with Gasteiger partial charge in [0.05, 0.1) is 5.57 Å². The molecule has 2 heterocycles. The summed E-state index contributed by atoms with van der Waals surface area (Å²) in [5, 5.41) is 0. The van der Waals surface area contributed by atoms with Crippen LogP contribution in [0.1, 0.15) is 11.1 Å². The average Bonchev–Trinajstić information content (AvgIpc) is 2.90. The van der Waals surface area contributed by atoms with Crippen molar-refractivity contribution in [3.05, 3.63) is 59.4 Å². The van der Waals surface area contributed by atoms with Crippen LogP contribution in [-0.2, 0) is 19.4 Å². The van der Waals surface area contributed by atoms with Crippen molar-refractivity contribution in [2.45, 2.75) is 4.90 Å². The second-order valence-corrected chi connectivity index (χ2v) is 7.19. The van der Waals surface area contributed by atoms with Crippen LogP contribution in [0.4, 0.5) is 8.78 Å². The minimum absolute atomic E-state index is 0.0773. The number of cyclic esters (lactones) is 1. The Morgan fingerprint density at radius 2 is 1.96 bits per heavy atom. The van der Waals surface area contributed by atoms with Gasteiger partial charge in [0.1, 0.15) is 23.1 Å². The summed E-state index contributed by atoms with van der Waals surface area (Å²) in [6.45, 7) is -0.238. The highest BCUT2D eigenvalue weighted by Gasteiger charge is 2.30. The molecule has 0 amide bonds. The molecule has 124 valence electrons. The summed E-state index contributed by atoms with van der Waals surface area (Å²) in [6, 6.07) is 4.55. The van der Waals surface area contributed by atoms with Crippen molar-refractivity contribution in [1.29, 1.82) is 0 Å². The number of carbonyl (C=O) groups excluding carboxylic acids is 1. The molecule has 0 unspecified atom stereocenters. The van der Waals surface area contributed by atoms with Crippen molar-refractivity contribution in [2.24, 2.45) is 0 Å². The standard InChI is InChI=1S/C16H11F2NO4S/c1-24(21,22)14-6-12(17)10(5-13(14)18)11-8-23-16(20)15(11)9-3-2-4-19-7-9/h2-7H,8H2,1H3. The molecule has 1 aliphatic heterocycles. The van der Waals surface area contributed by atoms with Crippen molar-refractivity contribution in [3.63, 3.8) is 0 Å². The summed E-state index contributed by atoms with van der Waals surface area (Å²) in [7, 11) is -3.91. The van der Waals surface area contributed by atoms with Gasteiger partial charge in [-0.25, -0.2) is 22.0 Å². The minimum atomic E-state index is -3.91. The van der Waals surface area contributed by atoms with Gasteiger partial charge in [-0.1, -0.05) is 6.07 Å². The van der Waals surface area contributed by atoms with Gasteiger partial charge in [0.2, 0.25) is 0 Å². The molecular formula is C16H11F2NO4S. The number of hydrogen-bond acceptors (Lipinski definition) is 5. The lowest BCUT2D eigenvalue weighted by Crippen LogP contribution is -2.04. The Bertz CT molecular complexity index is 969. The molecule has 8 heteroatoms. The summed E-state index contributed by atoms with van der Waals surface area (Å²) in [4.78, 5) is 15.1. The minimum Gasteiger partial charge on any atom is -0.457 e. The normalized spacial score (nSPS) is 14.9. The fourth-order valence-corrected chi connectivity index (χ4v) is 3.20. The highest BCUT2D eigenvalue weighted by Crippen LogP contribution is 2.35. The van der Waals surface area contributed by atoms with Crippen molar-refractivity contribution < 1.29 is 26.7 Å². The molecule has 0 bridgehead atoms. The Balaban J connectivity index is 2.23. The van der Waals surface area contributed by atoms with Crippen molar-refractivity contribution in [1.82, 2.24) is 4.98 Å². The maximum Gasteiger partial charge on any atom is 0.339 e. The summed E-state index contributed by atoms with van der Waals surface area (Å²) in [5.41, 5.74) is 0.407. The molecule has 1 aromatic carbocycles. The molecule has 0 fully saturated rings. The number of rotatable bonds is 3. The highest BCUT2D eigenvalue weighted by molar-refractivity contribution is 7.90. The molecule has 2 aromatic rings. The van der Waals surface area contributed by atoms with Gasteiger partial charge in [-0.3, -0.25) is 4.98 Å². The van der Waals surface area contributed by atoms with Crippen LogP contribution < -0.4 is 0 Å². The van der Waals surface area contributed by atoms with E-state index in [0.717, 1.165) is 12.3 Å². The fourth-order valence-electron chi connectivity index (χ4n) is 2.46.